The molecular weight excluding hydrogens is 248 g/mol. The van der Waals surface area contributed by atoms with Gasteiger partial charge in [-0.3, -0.25) is 0 Å². The van der Waals surface area contributed by atoms with Crippen LogP contribution in [0.1, 0.15) is 13.8 Å². The Balaban J connectivity index is 2.60. The maximum absolute atomic E-state index is 8.94. The van der Waals surface area contributed by atoms with Crippen LogP contribution in [0.3, 0.4) is 0 Å². The molecule has 0 radical (unpaired) electrons. The number of nitrogens with two attached hydrogens (primary N) is 1. The predicted molar refractivity (Wildman–Crippen MR) is 73.7 cm³/mol. The predicted octanol–water partition coefficient (Wildman–Crippen LogP) is -0.466. The molecule has 8 heteroatoms. The molecular formula is C11H22N6O2. The van der Waals surface area contributed by atoms with Crippen molar-refractivity contribution in [3.8, 4) is 0 Å². The number of rotatable bonds is 8. The summed E-state index contributed by atoms with van der Waals surface area (Å²) in [4.78, 5) is 12.1. The second-order valence-corrected chi connectivity index (χ2v) is 4.68. The van der Waals surface area contributed by atoms with Crippen LogP contribution in [0, 0.1) is 11.8 Å². The highest BCUT2D eigenvalue weighted by Crippen LogP contribution is 2.08. The lowest BCUT2D eigenvalue weighted by Crippen LogP contribution is -2.19. The Morgan fingerprint density at radius 2 is 1.37 bits per heavy atom. The molecule has 0 aliphatic carbocycles. The molecule has 6 N–H and O–H groups in total. The molecule has 0 bridgehead atoms. The van der Waals surface area contributed by atoms with Gasteiger partial charge in [-0.2, -0.15) is 15.0 Å². The van der Waals surface area contributed by atoms with Crippen molar-refractivity contribution in [2.45, 2.75) is 13.8 Å². The van der Waals surface area contributed by atoms with Gasteiger partial charge in [0.1, 0.15) is 0 Å². The van der Waals surface area contributed by atoms with Crippen molar-refractivity contribution < 1.29 is 10.2 Å². The minimum absolute atomic E-state index is 0.0900. The topological polar surface area (TPSA) is 129 Å². The van der Waals surface area contributed by atoms with Crippen LogP contribution in [-0.2, 0) is 0 Å². The van der Waals surface area contributed by atoms with E-state index in [2.05, 4.69) is 25.6 Å². The summed E-state index contributed by atoms with van der Waals surface area (Å²) >= 11 is 0. The molecule has 2 unspecified atom stereocenters. The number of aliphatic hydroxyl groups is 2. The monoisotopic (exact) mass is 270 g/mol. The lowest BCUT2D eigenvalue weighted by Gasteiger charge is -2.12. The lowest BCUT2D eigenvalue weighted by molar-refractivity contribution is 0.244. The molecule has 0 saturated carbocycles. The van der Waals surface area contributed by atoms with Crippen LogP contribution in [0.4, 0.5) is 17.8 Å². The molecule has 0 aromatic carbocycles. The summed E-state index contributed by atoms with van der Waals surface area (Å²) in [5, 5.41) is 23.9. The average molecular weight is 270 g/mol. The smallest absolute Gasteiger partial charge is 0.229 e. The van der Waals surface area contributed by atoms with Crippen molar-refractivity contribution in [2.24, 2.45) is 11.8 Å². The van der Waals surface area contributed by atoms with E-state index in [9.17, 15) is 0 Å². The fourth-order valence-electron chi connectivity index (χ4n) is 1.21. The first kappa shape index (κ1) is 15.4. The van der Waals surface area contributed by atoms with Crippen LogP contribution in [0.15, 0.2) is 0 Å². The second kappa shape index (κ2) is 7.70. The van der Waals surface area contributed by atoms with E-state index in [0.29, 0.717) is 25.0 Å². The molecule has 1 rings (SSSR count). The number of hydrogen-bond donors (Lipinski definition) is 5. The Hall–Kier alpha value is -1.67. The van der Waals surface area contributed by atoms with E-state index in [1.807, 2.05) is 13.8 Å². The van der Waals surface area contributed by atoms with Crippen molar-refractivity contribution in [1.82, 2.24) is 15.0 Å². The summed E-state index contributed by atoms with van der Waals surface area (Å²) in [5.41, 5.74) is 5.60. The van der Waals surface area contributed by atoms with E-state index in [4.69, 9.17) is 15.9 Å². The number of aliphatic hydroxyl groups excluding tert-OH is 2. The molecule has 0 aliphatic heterocycles. The zero-order valence-electron chi connectivity index (χ0n) is 11.3. The van der Waals surface area contributed by atoms with Gasteiger partial charge in [0.2, 0.25) is 17.8 Å². The summed E-state index contributed by atoms with van der Waals surface area (Å²) in [5.74, 6) is 1.06. The molecule has 0 spiro atoms. The Bertz CT molecular complexity index is 357. The number of aromatic nitrogens is 3. The summed E-state index contributed by atoms with van der Waals surface area (Å²) in [6.45, 7) is 5.08. The van der Waals surface area contributed by atoms with E-state index >= 15 is 0 Å². The Morgan fingerprint density at radius 1 is 0.947 bits per heavy atom. The van der Waals surface area contributed by atoms with Gasteiger partial charge in [0.15, 0.2) is 0 Å². The van der Waals surface area contributed by atoms with Crippen LogP contribution in [0.25, 0.3) is 0 Å². The fraction of sp³-hybridized carbons (Fsp3) is 0.727. The van der Waals surface area contributed by atoms with Crippen molar-refractivity contribution in [3.63, 3.8) is 0 Å². The third-order valence-electron chi connectivity index (χ3n) is 2.49. The van der Waals surface area contributed by atoms with E-state index in [1.165, 1.54) is 0 Å². The maximum atomic E-state index is 8.94. The highest BCUT2D eigenvalue weighted by molar-refractivity contribution is 5.39. The van der Waals surface area contributed by atoms with Gasteiger partial charge in [-0.25, -0.2) is 0 Å². The van der Waals surface area contributed by atoms with E-state index in [-0.39, 0.29) is 31.0 Å². The van der Waals surface area contributed by atoms with Crippen molar-refractivity contribution in [1.29, 1.82) is 0 Å². The first-order chi connectivity index (χ1) is 9.05. The number of nitrogen functional groups attached to an aromatic ring is 1. The number of nitrogens with zero attached hydrogens (tertiary/aromatic N) is 3. The molecule has 0 aliphatic rings. The minimum atomic E-state index is 0.0900. The van der Waals surface area contributed by atoms with E-state index in [1.54, 1.807) is 0 Å². The highest BCUT2D eigenvalue weighted by Gasteiger charge is 2.07. The van der Waals surface area contributed by atoms with Gasteiger partial charge in [0.25, 0.3) is 0 Å². The molecule has 0 amide bonds. The van der Waals surface area contributed by atoms with Gasteiger partial charge in [0.05, 0.1) is 0 Å². The van der Waals surface area contributed by atoms with Crippen molar-refractivity contribution in [2.75, 3.05) is 42.7 Å². The van der Waals surface area contributed by atoms with Gasteiger partial charge in [-0.15, -0.1) is 0 Å². The maximum Gasteiger partial charge on any atom is 0.229 e. The van der Waals surface area contributed by atoms with Crippen LogP contribution < -0.4 is 16.4 Å². The molecule has 2 atom stereocenters. The quantitative estimate of drug-likeness (QED) is 0.429. The van der Waals surface area contributed by atoms with E-state index < -0.39 is 0 Å². The molecule has 8 nitrogen and oxygen atoms in total. The third kappa shape index (κ3) is 5.66. The van der Waals surface area contributed by atoms with Gasteiger partial charge < -0.3 is 26.6 Å². The summed E-state index contributed by atoms with van der Waals surface area (Å²) in [7, 11) is 0. The van der Waals surface area contributed by atoms with Gasteiger partial charge >= 0.3 is 0 Å². The Morgan fingerprint density at radius 3 is 1.74 bits per heavy atom. The molecule has 1 aromatic rings. The largest absolute Gasteiger partial charge is 0.396 e. The first-order valence-electron chi connectivity index (χ1n) is 6.26. The van der Waals surface area contributed by atoms with Gasteiger partial charge in [-0.1, -0.05) is 13.8 Å². The van der Waals surface area contributed by atoms with E-state index in [0.717, 1.165) is 0 Å². The second-order valence-electron chi connectivity index (χ2n) is 4.68. The average Bonchev–Trinajstić information content (AvgIpc) is 2.41. The molecule has 0 fully saturated rings. The first-order valence-corrected chi connectivity index (χ1v) is 6.26. The summed E-state index contributed by atoms with van der Waals surface area (Å²) in [6, 6.07) is 0. The van der Waals surface area contributed by atoms with Gasteiger partial charge in [0, 0.05) is 26.3 Å². The molecule has 0 saturated heterocycles. The SMILES string of the molecule is CC(CO)CNc1nc(N)nc(NCC(C)CO)n1. The number of hydrogen-bond acceptors (Lipinski definition) is 8. The van der Waals surface area contributed by atoms with Crippen LogP contribution in [0.2, 0.25) is 0 Å². The molecule has 19 heavy (non-hydrogen) atoms. The third-order valence-corrected chi connectivity index (χ3v) is 2.49. The lowest BCUT2D eigenvalue weighted by atomic mass is 10.2. The zero-order chi connectivity index (χ0) is 14.3. The van der Waals surface area contributed by atoms with Crippen LogP contribution in [-0.4, -0.2) is 51.5 Å². The number of nitrogens with one attached hydrogen (secondary N) is 2. The zero-order valence-corrected chi connectivity index (χ0v) is 11.3. The Kier molecular flexibility index (Phi) is 6.23. The van der Waals surface area contributed by atoms with Crippen LogP contribution >= 0.6 is 0 Å². The summed E-state index contributed by atoms with van der Waals surface area (Å²) in [6.07, 6.45) is 0. The molecule has 1 aromatic heterocycles. The highest BCUT2D eigenvalue weighted by atomic mass is 16.3. The van der Waals surface area contributed by atoms with Crippen LogP contribution in [0.5, 0.6) is 0 Å². The molecule has 1 heterocycles. The molecule has 108 valence electrons. The fourth-order valence-corrected chi connectivity index (χ4v) is 1.21. The Labute approximate surface area is 112 Å². The van der Waals surface area contributed by atoms with Gasteiger partial charge in [-0.05, 0) is 11.8 Å². The van der Waals surface area contributed by atoms with Crippen molar-refractivity contribution >= 4 is 17.8 Å². The van der Waals surface area contributed by atoms with Crippen molar-refractivity contribution in [3.05, 3.63) is 0 Å². The standard InChI is InChI=1S/C11H22N6O2/c1-7(5-18)3-13-10-15-9(12)16-11(17-10)14-4-8(2)6-19/h7-8,18-19H,3-6H2,1-2H3,(H4,12,13,14,15,16,17). The normalized spacial score (nSPS) is 13.9. The minimum Gasteiger partial charge on any atom is -0.396 e. The number of anilines is 3. The summed E-state index contributed by atoms with van der Waals surface area (Å²) < 4.78 is 0.